The first-order valence-corrected chi connectivity index (χ1v) is 8.42. The summed E-state index contributed by atoms with van der Waals surface area (Å²) < 4.78 is 5.22. The Hall–Kier alpha value is -1.85. The molecule has 1 unspecified atom stereocenters. The van der Waals surface area contributed by atoms with Crippen molar-refractivity contribution in [3.8, 4) is 17.0 Å². The monoisotopic (exact) mass is 314 g/mol. The highest BCUT2D eigenvalue weighted by molar-refractivity contribution is 5.63. The lowest BCUT2D eigenvalue weighted by Crippen LogP contribution is -2.45. The van der Waals surface area contributed by atoms with Crippen LogP contribution in [0.15, 0.2) is 30.5 Å². The van der Waals surface area contributed by atoms with Crippen LogP contribution in [0.2, 0.25) is 0 Å². The Morgan fingerprint density at radius 3 is 2.91 bits per heavy atom. The van der Waals surface area contributed by atoms with Crippen molar-refractivity contribution in [2.45, 2.75) is 32.4 Å². The van der Waals surface area contributed by atoms with Gasteiger partial charge in [0, 0.05) is 30.3 Å². The minimum atomic E-state index is 0.572. The molecule has 0 saturated carbocycles. The molecule has 1 aliphatic heterocycles. The maximum absolute atomic E-state index is 5.22. The van der Waals surface area contributed by atoms with Crippen LogP contribution in [0.1, 0.15) is 25.3 Å². The number of ether oxygens (including phenoxy) is 1. The SMILES string of the molecule is CCN1CCCC(NCc2cn[nH]c2-c2ccc(OC)cc2)C1. The number of hydrogen-bond donors (Lipinski definition) is 2. The van der Waals surface area contributed by atoms with Crippen LogP contribution in [-0.2, 0) is 6.54 Å². The van der Waals surface area contributed by atoms with Crippen LogP contribution < -0.4 is 10.1 Å². The van der Waals surface area contributed by atoms with E-state index in [1.54, 1.807) is 7.11 Å². The summed E-state index contributed by atoms with van der Waals surface area (Å²) in [5.74, 6) is 0.870. The van der Waals surface area contributed by atoms with E-state index in [4.69, 9.17) is 4.74 Å². The predicted octanol–water partition coefficient (Wildman–Crippen LogP) is 2.66. The Morgan fingerprint density at radius 1 is 1.35 bits per heavy atom. The normalized spacial score (nSPS) is 19.0. The third-order valence-corrected chi connectivity index (χ3v) is 4.63. The molecule has 3 rings (SSSR count). The molecule has 2 heterocycles. The summed E-state index contributed by atoms with van der Waals surface area (Å²) in [6, 6.07) is 8.66. The quantitative estimate of drug-likeness (QED) is 0.861. The largest absolute Gasteiger partial charge is 0.497 e. The summed E-state index contributed by atoms with van der Waals surface area (Å²) >= 11 is 0. The molecule has 124 valence electrons. The van der Waals surface area contributed by atoms with E-state index in [0.717, 1.165) is 36.6 Å². The molecule has 2 N–H and O–H groups in total. The fraction of sp³-hybridized carbons (Fsp3) is 0.500. The number of aromatic nitrogens is 2. The van der Waals surface area contributed by atoms with Crippen molar-refractivity contribution in [3.63, 3.8) is 0 Å². The van der Waals surface area contributed by atoms with Crippen molar-refractivity contribution >= 4 is 0 Å². The van der Waals surface area contributed by atoms with Crippen LogP contribution in [0.25, 0.3) is 11.3 Å². The minimum Gasteiger partial charge on any atom is -0.497 e. The zero-order chi connectivity index (χ0) is 16.1. The fourth-order valence-electron chi connectivity index (χ4n) is 3.22. The van der Waals surface area contributed by atoms with E-state index in [0.29, 0.717) is 6.04 Å². The van der Waals surface area contributed by atoms with Crippen molar-refractivity contribution < 1.29 is 4.74 Å². The average Bonchev–Trinajstić information content (AvgIpc) is 3.09. The molecule has 5 nitrogen and oxygen atoms in total. The van der Waals surface area contributed by atoms with Gasteiger partial charge in [0.15, 0.2) is 0 Å². The van der Waals surface area contributed by atoms with E-state index >= 15 is 0 Å². The smallest absolute Gasteiger partial charge is 0.118 e. The second-order valence-electron chi connectivity index (χ2n) is 6.11. The number of piperidine rings is 1. The number of aromatic amines is 1. The van der Waals surface area contributed by atoms with E-state index in [2.05, 4.69) is 39.5 Å². The zero-order valence-electron chi connectivity index (χ0n) is 14.0. The van der Waals surface area contributed by atoms with Gasteiger partial charge in [0.1, 0.15) is 5.75 Å². The number of benzene rings is 1. The number of likely N-dealkylation sites (N-methyl/N-ethyl adjacent to an activating group) is 1. The lowest BCUT2D eigenvalue weighted by atomic mass is 10.0. The van der Waals surface area contributed by atoms with Gasteiger partial charge in [0.2, 0.25) is 0 Å². The fourth-order valence-corrected chi connectivity index (χ4v) is 3.22. The number of H-pyrrole nitrogens is 1. The van der Waals surface area contributed by atoms with Crippen LogP contribution in [0.4, 0.5) is 0 Å². The summed E-state index contributed by atoms with van der Waals surface area (Å²) in [5.41, 5.74) is 3.44. The third kappa shape index (κ3) is 3.92. The van der Waals surface area contributed by atoms with E-state index in [-0.39, 0.29) is 0 Å². The van der Waals surface area contributed by atoms with E-state index < -0.39 is 0 Å². The predicted molar refractivity (Wildman–Crippen MR) is 92.6 cm³/mol. The summed E-state index contributed by atoms with van der Waals surface area (Å²) in [4.78, 5) is 2.51. The van der Waals surface area contributed by atoms with Gasteiger partial charge >= 0.3 is 0 Å². The zero-order valence-corrected chi connectivity index (χ0v) is 14.0. The van der Waals surface area contributed by atoms with Crippen molar-refractivity contribution in [1.82, 2.24) is 20.4 Å². The molecule has 1 aromatic carbocycles. The highest BCUT2D eigenvalue weighted by atomic mass is 16.5. The summed E-state index contributed by atoms with van der Waals surface area (Å²) in [6.07, 6.45) is 4.46. The van der Waals surface area contributed by atoms with Gasteiger partial charge in [-0.2, -0.15) is 5.10 Å². The molecule has 0 radical (unpaired) electrons. The van der Waals surface area contributed by atoms with Crippen molar-refractivity contribution in [1.29, 1.82) is 0 Å². The first kappa shape index (κ1) is 16.0. The maximum Gasteiger partial charge on any atom is 0.118 e. The van der Waals surface area contributed by atoms with Gasteiger partial charge in [-0.25, -0.2) is 0 Å². The molecule has 1 aliphatic rings. The number of hydrogen-bond acceptors (Lipinski definition) is 4. The molecule has 1 saturated heterocycles. The van der Waals surface area contributed by atoms with Gasteiger partial charge in [-0.3, -0.25) is 5.10 Å². The Morgan fingerprint density at radius 2 is 2.17 bits per heavy atom. The molecule has 5 heteroatoms. The van der Waals surface area contributed by atoms with Crippen molar-refractivity contribution in [2.75, 3.05) is 26.7 Å². The van der Waals surface area contributed by atoms with Crippen LogP contribution in [0.5, 0.6) is 5.75 Å². The second-order valence-corrected chi connectivity index (χ2v) is 6.11. The molecule has 1 aromatic heterocycles. The highest BCUT2D eigenvalue weighted by Crippen LogP contribution is 2.24. The third-order valence-electron chi connectivity index (χ3n) is 4.63. The van der Waals surface area contributed by atoms with Crippen LogP contribution >= 0.6 is 0 Å². The molecule has 0 spiro atoms. The number of rotatable bonds is 6. The molecule has 0 bridgehead atoms. The Kier molecular flexibility index (Phi) is 5.31. The molecule has 1 atom stereocenters. The standard InChI is InChI=1S/C18H26N4O/c1-3-22-10-4-5-16(13-22)19-11-15-12-20-21-18(15)14-6-8-17(23-2)9-7-14/h6-9,12,16,19H,3-5,10-11,13H2,1-2H3,(H,20,21). The number of nitrogens with one attached hydrogen (secondary N) is 2. The van der Waals surface area contributed by atoms with Crippen molar-refractivity contribution in [3.05, 3.63) is 36.0 Å². The average molecular weight is 314 g/mol. The highest BCUT2D eigenvalue weighted by Gasteiger charge is 2.18. The van der Waals surface area contributed by atoms with E-state index in [1.165, 1.54) is 24.9 Å². The first-order valence-electron chi connectivity index (χ1n) is 8.42. The summed E-state index contributed by atoms with van der Waals surface area (Å²) in [7, 11) is 1.68. The maximum atomic E-state index is 5.22. The Balaban J connectivity index is 1.64. The molecule has 23 heavy (non-hydrogen) atoms. The van der Waals surface area contributed by atoms with Gasteiger partial charge in [0.05, 0.1) is 19.0 Å². The number of methoxy groups -OCH3 is 1. The van der Waals surface area contributed by atoms with Gasteiger partial charge in [-0.05, 0) is 50.2 Å². The molecule has 2 aromatic rings. The Labute approximate surface area is 138 Å². The number of nitrogens with zero attached hydrogens (tertiary/aromatic N) is 2. The topological polar surface area (TPSA) is 53.2 Å². The van der Waals surface area contributed by atoms with Gasteiger partial charge < -0.3 is 15.0 Å². The molecule has 0 amide bonds. The molecule has 1 fully saturated rings. The van der Waals surface area contributed by atoms with Gasteiger partial charge in [-0.15, -0.1) is 0 Å². The summed E-state index contributed by atoms with van der Waals surface area (Å²) in [5, 5.41) is 11.0. The van der Waals surface area contributed by atoms with Gasteiger partial charge in [0.25, 0.3) is 0 Å². The van der Waals surface area contributed by atoms with E-state index in [9.17, 15) is 0 Å². The lowest BCUT2D eigenvalue weighted by molar-refractivity contribution is 0.198. The molecular weight excluding hydrogens is 288 g/mol. The first-order chi connectivity index (χ1) is 11.3. The van der Waals surface area contributed by atoms with E-state index in [1.807, 2.05) is 18.3 Å². The summed E-state index contributed by atoms with van der Waals surface area (Å²) in [6.45, 7) is 6.60. The van der Waals surface area contributed by atoms with Crippen molar-refractivity contribution in [2.24, 2.45) is 0 Å². The molecular formula is C18H26N4O. The van der Waals surface area contributed by atoms with Crippen LogP contribution in [0.3, 0.4) is 0 Å². The van der Waals surface area contributed by atoms with Crippen LogP contribution in [0, 0.1) is 0 Å². The lowest BCUT2D eigenvalue weighted by Gasteiger charge is -2.32. The van der Waals surface area contributed by atoms with Gasteiger partial charge in [-0.1, -0.05) is 6.92 Å². The number of likely N-dealkylation sites (tertiary alicyclic amines) is 1. The van der Waals surface area contributed by atoms with Crippen LogP contribution in [-0.4, -0.2) is 47.9 Å². The minimum absolute atomic E-state index is 0.572. The molecule has 0 aliphatic carbocycles. The second kappa shape index (κ2) is 7.62. The Bertz CT molecular complexity index is 608.